The van der Waals surface area contributed by atoms with Gasteiger partial charge in [0.15, 0.2) is 0 Å². The summed E-state index contributed by atoms with van der Waals surface area (Å²) >= 11 is 0. The molecule has 1 atom stereocenters. The van der Waals surface area contributed by atoms with Crippen LogP contribution in [0.1, 0.15) is 19.8 Å². The third-order valence-electron chi connectivity index (χ3n) is 2.51. The summed E-state index contributed by atoms with van der Waals surface area (Å²) < 4.78 is 10.1. The Balaban J connectivity index is 2.26. The summed E-state index contributed by atoms with van der Waals surface area (Å²) in [4.78, 5) is 13.1. The van der Waals surface area contributed by atoms with Gasteiger partial charge in [-0.25, -0.2) is 0 Å². The fourth-order valence-corrected chi connectivity index (χ4v) is 1.63. The van der Waals surface area contributed by atoms with E-state index in [0.29, 0.717) is 12.6 Å². The van der Waals surface area contributed by atoms with E-state index in [0.717, 1.165) is 32.5 Å². The highest BCUT2D eigenvalue weighted by atomic mass is 16.5. The van der Waals surface area contributed by atoms with Crippen LogP contribution in [0.2, 0.25) is 0 Å². The molecule has 4 heteroatoms. The number of esters is 1. The second kappa shape index (κ2) is 5.98. The van der Waals surface area contributed by atoms with Crippen LogP contribution in [0.15, 0.2) is 0 Å². The van der Waals surface area contributed by atoms with Gasteiger partial charge in [0.05, 0.1) is 19.8 Å². The van der Waals surface area contributed by atoms with Crippen LogP contribution in [-0.4, -0.2) is 50.3 Å². The Labute approximate surface area is 85.2 Å². The van der Waals surface area contributed by atoms with E-state index in [9.17, 15) is 4.79 Å². The number of carbonyl (C=O) groups is 1. The van der Waals surface area contributed by atoms with E-state index in [1.165, 1.54) is 7.11 Å². The van der Waals surface area contributed by atoms with E-state index in [4.69, 9.17) is 4.74 Å². The molecule has 4 nitrogen and oxygen atoms in total. The standard InChI is InChI=1S/C10H19NO3/c1-3-11(8-10(12)13-2)7-9-5-4-6-14-9/h9H,3-8H2,1-2H3. The van der Waals surface area contributed by atoms with Gasteiger partial charge < -0.3 is 9.47 Å². The van der Waals surface area contributed by atoms with Crippen LogP contribution in [0.4, 0.5) is 0 Å². The number of methoxy groups -OCH3 is 1. The van der Waals surface area contributed by atoms with Gasteiger partial charge >= 0.3 is 5.97 Å². The van der Waals surface area contributed by atoms with Crippen LogP contribution in [0, 0.1) is 0 Å². The second-order valence-corrected chi connectivity index (χ2v) is 3.54. The second-order valence-electron chi connectivity index (χ2n) is 3.54. The number of likely N-dealkylation sites (N-methyl/N-ethyl adjacent to an activating group) is 1. The number of hydrogen-bond donors (Lipinski definition) is 0. The molecule has 0 amide bonds. The van der Waals surface area contributed by atoms with Gasteiger partial charge in [-0.2, -0.15) is 0 Å². The van der Waals surface area contributed by atoms with E-state index in [1.54, 1.807) is 0 Å². The first-order valence-electron chi connectivity index (χ1n) is 5.17. The molecular formula is C10H19NO3. The highest BCUT2D eigenvalue weighted by Gasteiger charge is 2.19. The zero-order valence-electron chi connectivity index (χ0n) is 8.99. The Morgan fingerprint density at radius 1 is 1.64 bits per heavy atom. The van der Waals surface area contributed by atoms with Crippen LogP contribution >= 0.6 is 0 Å². The Morgan fingerprint density at radius 3 is 2.93 bits per heavy atom. The Kier molecular flexibility index (Phi) is 4.90. The Bertz CT molecular complexity index is 178. The highest BCUT2D eigenvalue weighted by molar-refractivity contribution is 5.71. The molecule has 0 bridgehead atoms. The first kappa shape index (κ1) is 11.5. The van der Waals surface area contributed by atoms with Crippen molar-refractivity contribution < 1.29 is 14.3 Å². The summed E-state index contributed by atoms with van der Waals surface area (Å²) in [7, 11) is 1.42. The number of ether oxygens (including phenoxy) is 2. The van der Waals surface area contributed by atoms with Crippen LogP contribution in [0.5, 0.6) is 0 Å². The van der Waals surface area contributed by atoms with Gasteiger partial charge in [-0.15, -0.1) is 0 Å². The van der Waals surface area contributed by atoms with Crippen LogP contribution in [0.25, 0.3) is 0 Å². The molecule has 0 aromatic rings. The summed E-state index contributed by atoms with van der Waals surface area (Å²) in [6.07, 6.45) is 2.55. The molecule has 82 valence electrons. The maximum absolute atomic E-state index is 11.1. The molecule has 1 saturated heterocycles. The van der Waals surface area contributed by atoms with Crippen molar-refractivity contribution in [3.63, 3.8) is 0 Å². The van der Waals surface area contributed by atoms with Gasteiger partial charge in [0, 0.05) is 13.2 Å². The lowest BCUT2D eigenvalue weighted by molar-refractivity contribution is -0.142. The predicted molar refractivity (Wildman–Crippen MR) is 53.1 cm³/mol. The van der Waals surface area contributed by atoms with Gasteiger partial charge in [-0.05, 0) is 19.4 Å². The summed E-state index contributed by atoms with van der Waals surface area (Å²) in [6.45, 7) is 4.96. The smallest absolute Gasteiger partial charge is 0.319 e. The first-order valence-corrected chi connectivity index (χ1v) is 5.17. The largest absolute Gasteiger partial charge is 0.468 e. The van der Waals surface area contributed by atoms with Crippen molar-refractivity contribution in [1.29, 1.82) is 0 Å². The van der Waals surface area contributed by atoms with Crippen LogP contribution in [-0.2, 0) is 14.3 Å². The van der Waals surface area contributed by atoms with Crippen molar-refractivity contribution in [2.75, 3.05) is 33.4 Å². The monoisotopic (exact) mass is 201 g/mol. The normalized spacial score (nSPS) is 21.5. The van der Waals surface area contributed by atoms with E-state index in [2.05, 4.69) is 9.64 Å². The molecule has 0 saturated carbocycles. The molecule has 0 aromatic heterocycles. The molecule has 0 radical (unpaired) electrons. The van der Waals surface area contributed by atoms with Gasteiger partial charge in [-0.3, -0.25) is 9.69 Å². The quantitative estimate of drug-likeness (QED) is 0.612. The minimum Gasteiger partial charge on any atom is -0.468 e. The Morgan fingerprint density at radius 2 is 2.43 bits per heavy atom. The van der Waals surface area contributed by atoms with E-state index >= 15 is 0 Å². The third-order valence-corrected chi connectivity index (χ3v) is 2.51. The lowest BCUT2D eigenvalue weighted by Crippen LogP contribution is -2.36. The lowest BCUT2D eigenvalue weighted by atomic mass is 10.2. The van der Waals surface area contributed by atoms with Crippen molar-refractivity contribution in [2.45, 2.75) is 25.9 Å². The summed E-state index contributed by atoms with van der Waals surface area (Å²) in [6, 6.07) is 0. The number of carbonyl (C=O) groups excluding carboxylic acids is 1. The lowest BCUT2D eigenvalue weighted by Gasteiger charge is -2.22. The zero-order valence-corrected chi connectivity index (χ0v) is 8.99. The Hall–Kier alpha value is -0.610. The van der Waals surface area contributed by atoms with Gasteiger partial charge in [0.1, 0.15) is 0 Å². The SMILES string of the molecule is CCN(CC(=O)OC)CC1CCCO1. The van der Waals surface area contributed by atoms with Crippen LogP contribution in [0.3, 0.4) is 0 Å². The maximum Gasteiger partial charge on any atom is 0.319 e. The summed E-state index contributed by atoms with van der Waals surface area (Å²) in [5.41, 5.74) is 0. The summed E-state index contributed by atoms with van der Waals surface area (Å²) in [5.74, 6) is -0.176. The van der Waals surface area contributed by atoms with Crippen molar-refractivity contribution >= 4 is 5.97 Å². The van der Waals surface area contributed by atoms with Crippen molar-refractivity contribution in [3.8, 4) is 0 Å². The molecule has 1 aliphatic rings. The van der Waals surface area contributed by atoms with Gasteiger partial charge in [-0.1, -0.05) is 6.92 Å². The molecular weight excluding hydrogens is 182 g/mol. The van der Waals surface area contributed by atoms with Gasteiger partial charge in [0.25, 0.3) is 0 Å². The molecule has 0 N–H and O–H groups in total. The van der Waals surface area contributed by atoms with Gasteiger partial charge in [0.2, 0.25) is 0 Å². The first-order chi connectivity index (χ1) is 6.76. The summed E-state index contributed by atoms with van der Waals surface area (Å²) in [5, 5.41) is 0. The van der Waals surface area contributed by atoms with Crippen LogP contribution < -0.4 is 0 Å². The van der Waals surface area contributed by atoms with E-state index < -0.39 is 0 Å². The molecule has 1 rings (SSSR count). The minimum atomic E-state index is -0.176. The van der Waals surface area contributed by atoms with Crippen molar-refractivity contribution in [2.24, 2.45) is 0 Å². The minimum absolute atomic E-state index is 0.176. The highest BCUT2D eigenvalue weighted by Crippen LogP contribution is 2.13. The molecule has 0 aliphatic carbocycles. The third kappa shape index (κ3) is 3.64. The molecule has 0 aromatic carbocycles. The number of hydrogen-bond acceptors (Lipinski definition) is 4. The average Bonchev–Trinajstić information content (AvgIpc) is 2.69. The average molecular weight is 201 g/mol. The fourth-order valence-electron chi connectivity index (χ4n) is 1.63. The number of rotatable bonds is 5. The van der Waals surface area contributed by atoms with Crippen molar-refractivity contribution in [3.05, 3.63) is 0 Å². The van der Waals surface area contributed by atoms with Crippen molar-refractivity contribution in [1.82, 2.24) is 4.90 Å². The van der Waals surface area contributed by atoms with E-state index in [-0.39, 0.29) is 5.97 Å². The zero-order chi connectivity index (χ0) is 10.4. The fraction of sp³-hybridized carbons (Fsp3) is 0.900. The maximum atomic E-state index is 11.1. The number of nitrogens with zero attached hydrogens (tertiary/aromatic N) is 1. The molecule has 0 spiro atoms. The molecule has 1 heterocycles. The molecule has 1 unspecified atom stereocenters. The van der Waals surface area contributed by atoms with E-state index in [1.807, 2.05) is 6.92 Å². The topological polar surface area (TPSA) is 38.8 Å². The molecule has 1 aliphatic heterocycles. The predicted octanol–water partition coefficient (Wildman–Crippen LogP) is 0.660. The molecule has 14 heavy (non-hydrogen) atoms. The molecule has 1 fully saturated rings.